The number of nitrogens with zero attached hydrogens (tertiary/aromatic N) is 3. The average Bonchev–Trinajstić information content (AvgIpc) is 2.91. The third-order valence-electron chi connectivity index (χ3n) is 6.85. The van der Waals surface area contributed by atoms with Crippen LogP contribution < -0.4 is 10.7 Å². The van der Waals surface area contributed by atoms with Crippen molar-refractivity contribution in [2.24, 2.45) is 0 Å². The van der Waals surface area contributed by atoms with Crippen molar-refractivity contribution in [3.05, 3.63) is 98.1 Å². The fraction of sp³-hybridized carbons (Fsp3) is 0.222. The van der Waals surface area contributed by atoms with Crippen molar-refractivity contribution in [2.45, 2.75) is 37.6 Å². The van der Waals surface area contributed by atoms with Crippen LogP contribution in [0, 0.1) is 0 Å². The second kappa shape index (κ2) is 10.3. The van der Waals surface area contributed by atoms with Crippen LogP contribution in [-0.4, -0.2) is 31.5 Å². The number of rotatable bonds is 5. The first kappa shape index (κ1) is 24.9. The maximum atomic E-state index is 13.3. The predicted molar refractivity (Wildman–Crippen MR) is 142 cm³/mol. The van der Waals surface area contributed by atoms with Crippen LogP contribution in [0.15, 0.2) is 66.0 Å². The molecule has 1 aliphatic carbocycles. The molecule has 0 spiro atoms. The van der Waals surface area contributed by atoms with E-state index < -0.39 is 17.3 Å². The molecule has 5 rings (SSSR count). The number of carbonyl (C=O) groups excluding carboxylic acids is 1. The molecule has 0 aliphatic heterocycles. The molecule has 0 bridgehead atoms. The number of hydrogen-bond acceptors (Lipinski definition) is 5. The van der Waals surface area contributed by atoms with Gasteiger partial charge >= 0.3 is 5.97 Å². The van der Waals surface area contributed by atoms with E-state index >= 15 is 0 Å². The Bertz CT molecular complexity index is 1560. The molecule has 4 aromatic rings. The average molecular weight is 537 g/mol. The quantitative estimate of drug-likeness (QED) is 0.325. The number of carbonyl (C=O) groups is 2. The Kier molecular flexibility index (Phi) is 6.95. The highest BCUT2D eigenvalue weighted by Crippen LogP contribution is 2.40. The molecule has 0 saturated heterocycles. The van der Waals surface area contributed by atoms with Crippen LogP contribution in [-0.2, 0) is 0 Å². The summed E-state index contributed by atoms with van der Waals surface area (Å²) in [5.41, 5.74) is 1.35. The molecular weight excluding hydrogens is 515 g/mol. The molecule has 0 atom stereocenters. The lowest BCUT2D eigenvalue weighted by atomic mass is 9.80. The molecule has 1 amide bonds. The minimum Gasteiger partial charge on any atom is -0.478 e. The van der Waals surface area contributed by atoms with Gasteiger partial charge in [-0.3, -0.25) is 14.6 Å². The molecule has 1 aromatic carbocycles. The predicted octanol–water partition coefficient (Wildman–Crippen LogP) is 5.95. The first-order valence-corrected chi connectivity index (χ1v) is 12.5. The van der Waals surface area contributed by atoms with Crippen molar-refractivity contribution in [2.75, 3.05) is 5.32 Å². The van der Waals surface area contributed by atoms with Crippen LogP contribution in [0.5, 0.6) is 0 Å². The van der Waals surface area contributed by atoms with E-state index in [4.69, 9.17) is 23.2 Å². The number of fused-ring (bicyclic) bond motifs is 1. The Morgan fingerprint density at radius 1 is 0.973 bits per heavy atom. The van der Waals surface area contributed by atoms with Gasteiger partial charge in [0.1, 0.15) is 11.2 Å². The van der Waals surface area contributed by atoms with E-state index in [2.05, 4.69) is 15.3 Å². The standard InChI is InChI=1S/C27H22Cl2N4O4/c28-21-12-30-13-22(29)23(21)32-26(35)20-14-33(25-19(24(20)34)6-3-11-31-25)16-9-7-15(8-10-16)17-4-1-2-5-18(17)27(36)37/h1-6,11-16H,7-10H2,(H,36,37)(H,30,32,35)/t15-,16-. The van der Waals surface area contributed by atoms with E-state index in [-0.39, 0.29) is 33.3 Å². The van der Waals surface area contributed by atoms with E-state index in [1.807, 2.05) is 16.7 Å². The van der Waals surface area contributed by atoms with Crippen LogP contribution in [0.2, 0.25) is 10.0 Å². The topological polar surface area (TPSA) is 114 Å². The molecule has 10 heteroatoms. The number of hydrogen-bond donors (Lipinski definition) is 2. The van der Waals surface area contributed by atoms with Crippen molar-refractivity contribution in [3.8, 4) is 0 Å². The number of amides is 1. The second-order valence-electron chi connectivity index (χ2n) is 8.98. The van der Waals surface area contributed by atoms with E-state index in [1.54, 1.807) is 36.7 Å². The number of nitrogens with one attached hydrogen (secondary N) is 1. The number of carboxylic acids is 1. The highest BCUT2D eigenvalue weighted by atomic mass is 35.5. The maximum Gasteiger partial charge on any atom is 0.335 e. The zero-order chi connectivity index (χ0) is 26.1. The lowest BCUT2D eigenvalue weighted by molar-refractivity contribution is 0.0694. The largest absolute Gasteiger partial charge is 0.478 e. The maximum absolute atomic E-state index is 13.3. The fourth-order valence-electron chi connectivity index (χ4n) is 5.05. The molecule has 1 aliphatic rings. The van der Waals surface area contributed by atoms with Crippen molar-refractivity contribution >= 4 is 51.8 Å². The Morgan fingerprint density at radius 3 is 2.38 bits per heavy atom. The van der Waals surface area contributed by atoms with Gasteiger partial charge < -0.3 is 15.0 Å². The smallest absolute Gasteiger partial charge is 0.335 e. The highest BCUT2D eigenvalue weighted by molar-refractivity contribution is 6.39. The minimum absolute atomic E-state index is 0.0223. The summed E-state index contributed by atoms with van der Waals surface area (Å²) in [4.78, 5) is 46.5. The number of aromatic nitrogens is 3. The zero-order valence-electron chi connectivity index (χ0n) is 19.5. The van der Waals surface area contributed by atoms with Gasteiger partial charge in [-0.25, -0.2) is 9.78 Å². The number of benzene rings is 1. The van der Waals surface area contributed by atoms with Gasteiger partial charge in [-0.05, 0) is 55.4 Å². The lowest BCUT2D eigenvalue weighted by Crippen LogP contribution is -2.27. The molecule has 3 aromatic heterocycles. The minimum atomic E-state index is -0.932. The van der Waals surface area contributed by atoms with E-state index in [9.17, 15) is 19.5 Å². The van der Waals surface area contributed by atoms with Crippen LogP contribution in [0.3, 0.4) is 0 Å². The first-order chi connectivity index (χ1) is 17.8. The van der Waals surface area contributed by atoms with E-state index in [0.717, 1.165) is 31.2 Å². The van der Waals surface area contributed by atoms with Gasteiger partial charge in [0, 0.05) is 30.8 Å². The Labute approximate surface area is 221 Å². The van der Waals surface area contributed by atoms with E-state index in [0.29, 0.717) is 16.6 Å². The van der Waals surface area contributed by atoms with Gasteiger partial charge in [-0.1, -0.05) is 41.4 Å². The molecule has 3 heterocycles. The van der Waals surface area contributed by atoms with Crippen molar-refractivity contribution in [3.63, 3.8) is 0 Å². The van der Waals surface area contributed by atoms with Crippen molar-refractivity contribution < 1.29 is 14.7 Å². The van der Waals surface area contributed by atoms with Gasteiger partial charge in [-0.2, -0.15) is 0 Å². The SMILES string of the molecule is O=C(Nc1c(Cl)cncc1Cl)c1cn([C@H]2CC[C@H](c3ccccc3C(=O)O)CC2)c2ncccc2c1=O. The summed E-state index contributed by atoms with van der Waals surface area (Å²) in [6, 6.07) is 10.4. The monoisotopic (exact) mass is 536 g/mol. The van der Waals surface area contributed by atoms with Gasteiger partial charge in [0.05, 0.1) is 26.7 Å². The molecule has 37 heavy (non-hydrogen) atoms. The van der Waals surface area contributed by atoms with E-state index in [1.165, 1.54) is 12.4 Å². The summed E-state index contributed by atoms with van der Waals surface area (Å²) in [5, 5.41) is 12.9. The Morgan fingerprint density at radius 2 is 1.68 bits per heavy atom. The summed E-state index contributed by atoms with van der Waals surface area (Å²) in [6.45, 7) is 0. The van der Waals surface area contributed by atoms with Gasteiger partial charge in [-0.15, -0.1) is 0 Å². The lowest BCUT2D eigenvalue weighted by Gasteiger charge is -2.31. The summed E-state index contributed by atoms with van der Waals surface area (Å²) in [5.74, 6) is -1.46. The Balaban J connectivity index is 1.48. The molecule has 188 valence electrons. The molecule has 2 N–H and O–H groups in total. The molecule has 0 radical (unpaired) electrons. The first-order valence-electron chi connectivity index (χ1n) is 11.8. The summed E-state index contributed by atoms with van der Waals surface area (Å²) in [6.07, 6.45) is 8.86. The second-order valence-corrected chi connectivity index (χ2v) is 9.80. The summed E-state index contributed by atoms with van der Waals surface area (Å²) >= 11 is 12.3. The molecule has 0 unspecified atom stereocenters. The zero-order valence-corrected chi connectivity index (χ0v) is 21.0. The molecule has 1 fully saturated rings. The van der Waals surface area contributed by atoms with Crippen LogP contribution in [0.25, 0.3) is 11.0 Å². The third-order valence-corrected chi connectivity index (χ3v) is 7.42. The number of carboxylic acid groups (broad SMARTS) is 1. The third kappa shape index (κ3) is 4.82. The molecular formula is C27H22Cl2N4O4. The van der Waals surface area contributed by atoms with Crippen molar-refractivity contribution in [1.29, 1.82) is 0 Å². The van der Waals surface area contributed by atoms with Crippen LogP contribution in [0.1, 0.15) is 63.9 Å². The number of halogens is 2. The van der Waals surface area contributed by atoms with Gasteiger partial charge in [0.15, 0.2) is 0 Å². The fourth-order valence-corrected chi connectivity index (χ4v) is 5.51. The van der Waals surface area contributed by atoms with Crippen LogP contribution >= 0.6 is 23.2 Å². The van der Waals surface area contributed by atoms with Crippen molar-refractivity contribution in [1.82, 2.24) is 14.5 Å². The number of aromatic carboxylic acids is 1. The van der Waals surface area contributed by atoms with Gasteiger partial charge in [0.2, 0.25) is 5.43 Å². The number of pyridine rings is 3. The van der Waals surface area contributed by atoms with Crippen LogP contribution in [0.4, 0.5) is 5.69 Å². The normalized spacial score (nSPS) is 17.5. The van der Waals surface area contributed by atoms with Gasteiger partial charge in [0.25, 0.3) is 5.91 Å². The Hall–Kier alpha value is -3.75. The summed E-state index contributed by atoms with van der Waals surface area (Å²) in [7, 11) is 0. The molecule has 1 saturated carbocycles. The summed E-state index contributed by atoms with van der Waals surface area (Å²) < 4.78 is 1.89. The molecule has 8 nitrogen and oxygen atoms in total. The number of anilines is 1. The highest BCUT2D eigenvalue weighted by Gasteiger charge is 2.28.